The summed E-state index contributed by atoms with van der Waals surface area (Å²) in [5.74, 6) is 0. The smallest absolute Gasteiger partial charge is 0.0323 e. The number of nitrogens with one attached hydrogen (secondary N) is 1. The topological polar surface area (TPSA) is 12.0 Å². The van der Waals surface area contributed by atoms with Crippen LogP contribution >= 0.6 is 0 Å². The average Bonchev–Trinajstić information content (AvgIpc) is 2.51. The van der Waals surface area contributed by atoms with Gasteiger partial charge in [-0.3, -0.25) is 0 Å². The van der Waals surface area contributed by atoms with Crippen LogP contribution in [0.4, 0.5) is 0 Å². The van der Waals surface area contributed by atoms with Gasteiger partial charge in [0.25, 0.3) is 0 Å². The Bertz CT molecular complexity index is 501. The third-order valence-electron chi connectivity index (χ3n) is 3.90. The molecule has 0 aliphatic carbocycles. The van der Waals surface area contributed by atoms with E-state index in [-0.39, 0.29) is 0 Å². The van der Waals surface area contributed by atoms with Gasteiger partial charge in [-0.05, 0) is 30.9 Å². The summed E-state index contributed by atoms with van der Waals surface area (Å²) in [5, 5.41) is 3.81. The quantitative estimate of drug-likeness (QED) is 0.759. The number of benzene rings is 2. The van der Waals surface area contributed by atoms with Gasteiger partial charge in [0.05, 0.1) is 0 Å². The van der Waals surface area contributed by atoms with Gasteiger partial charge in [-0.15, -0.1) is 0 Å². The first-order valence-corrected chi connectivity index (χ1v) is 7.62. The molecule has 20 heavy (non-hydrogen) atoms. The lowest BCUT2D eigenvalue weighted by Gasteiger charge is -2.25. The molecule has 106 valence electrons. The van der Waals surface area contributed by atoms with Crippen molar-refractivity contribution < 1.29 is 0 Å². The summed E-state index contributed by atoms with van der Waals surface area (Å²) < 4.78 is 0. The third-order valence-corrected chi connectivity index (χ3v) is 3.90. The van der Waals surface area contributed by atoms with Crippen LogP contribution in [0.5, 0.6) is 0 Å². The van der Waals surface area contributed by atoms with E-state index in [1.165, 1.54) is 16.7 Å². The van der Waals surface area contributed by atoms with E-state index in [9.17, 15) is 0 Å². The van der Waals surface area contributed by atoms with E-state index in [0.717, 1.165) is 12.8 Å². The van der Waals surface area contributed by atoms with Crippen molar-refractivity contribution in [2.24, 2.45) is 0 Å². The molecule has 2 aromatic carbocycles. The normalized spacial score (nSPS) is 13.9. The highest BCUT2D eigenvalue weighted by atomic mass is 14.9. The van der Waals surface area contributed by atoms with Crippen LogP contribution in [0, 0.1) is 6.92 Å². The van der Waals surface area contributed by atoms with Crippen molar-refractivity contribution in [2.75, 3.05) is 0 Å². The monoisotopic (exact) mass is 267 g/mol. The van der Waals surface area contributed by atoms with Gasteiger partial charge in [0.15, 0.2) is 0 Å². The first-order valence-electron chi connectivity index (χ1n) is 7.62. The molecule has 0 heterocycles. The molecule has 0 amide bonds. The zero-order valence-corrected chi connectivity index (χ0v) is 12.8. The predicted octanol–water partition coefficient (Wildman–Crippen LogP) is 5.19. The van der Waals surface area contributed by atoms with Gasteiger partial charge in [-0.1, -0.05) is 74.0 Å². The predicted molar refractivity (Wildman–Crippen MR) is 86.8 cm³/mol. The van der Waals surface area contributed by atoms with Crippen molar-refractivity contribution >= 4 is 0 Å². The molecular weight excluding hydrogens is 242 g/mol. The van der Waals surface area contributed by atoms with E-state index in [2.05, 4.69) is 80.7 Å². The summed E-state index contributed by atoms with van der Waals surface area (Å²) >= 11 is 0. The Morgan fingerprint density at radius 3 is 1.75 bits per heavy atom. The molecule has 0 saturated carbocycles. The standard InChI is InChI=1S/C19H25N/c1-4-18(16-9-7-6-8-10-16)20-19(5-2)17-13-11-15(3)12-14-17/h6-14,18-20H,4-5H2,1-3H3. The van der Waals surface area contributed by atoms with E-state index < -0.39 is 0 Å². The van der Waals surface area contributed by atoms with Crippen LogP contribution in [-0.4, -0.2) is 0 Å². The molecule has 0 spiro atoms. The Morgan fingerprint density at radius 2 is 1.25 bits per heavy atom. The fourth-order valence-corrected chi connectivity index (χ4v) is 2.63. The Balaban J connectivity index is 2.14. The summed E-state index contributed by atoms with van der Waals surface area (Å²) in [5.41, 5.74) is 4.08. The Labute approximate surface area is 123 Å². The van der Waals surface area contributed by atoms with E-state index in [4.69, 9.17) is 0 Å². The van der Waals surface area contributed by atoms with Crippen LogP contribution in [0.2, 0.25) is 0 Å². The second-order valence-electron chi connectivity index (χ2n) is 5.41. The molecule has 0 fully saturated rings. The molecule has 1 nitrogen and oxygen atoms in total. The first-order chi connectivity index (χ1) is 9.74. The zero-order valence-electron chi connectivity index (χ0n) is 12.8. The van der Waals surface area contributed by atoms with Crippen molar-refractivity contribution in [2.45, 2.75) is 45.7 Å². The molecule has 2 unspecified atom stereocenters. The van der Waals surface area contributed by atoms with Crippen molar-refractivity contribution in [3.8, 4) is 0 Å². The molecule has 0 bridgehead atoms. The minimum absolute atomic E-state index is 0.417. The molecule has 1 N–H and O–H groups in total. The summed E-state index contributed by atoms with van der Waals surface area (Å²) in [6.45, 7) is 6.62. The Kier molecular flexibility index (Phi) is 5.37. The van der Waals surface area contributed by atoms with Gasteiger partial charge in [0, 0.05) is 12.1 Å². The van der Waals surface area contributed by atoms with E-state index in [1.54, 1.807) is 0 Å². The fraction of sp³-hybridized carbons (Fsp3) is 0.368. The van der Waals surface area contributed by atoms with Gasteiger partial charge in [-0.2, -0.15) is 0 Å². The van der Waals surface area contributed by atoms with E-state index in [1.807, 2.05) is 0 Å². The van der Waals surface area contributed by atoms with Crippen molar-refractivity contribution in [3.63, 3.8) is 0 Å². The van der Waals surface area contributed by atoms with Crippen LogP contribution in [0.25, 0.3) is 0 Å². The highest BCUT2D eigenvalue weighted by Crippen LogP contribution is 2.24. The molecule has 0 saturated heterocycles. The first kappa shape index (κ1) is 14.8. The second kappa shape index (κ2) is 7.25. The van der Waals surface area contributed by atoms with Crippen LogP contribution in [0.1, 0.15) is 55.5 Å². The SMILES string of the molecule is CCC(NC(CC)c1ccc(C)cc1)c1ccccc1. The number of rotatable bonds is 6. The lowest BCUT2D eigenvalue weighted by Crippen LogP contribution is -2.25. The average molecular weight is 267 g/mol. The molecule has 2 aromatic rings. The van der Waals surface area contributed by atoms with E-state index in [0.29, 0.717) is 12.1 Å². The fourth-order valence-electron chi connectivity index (χ4n) is 2.63. The molecule has 0 radical (unpaired) electrons. The lowest BCUT2D eigenvalue weighted by atomic mass is 9.98. The number of aryl methyl sites for hydroxylation is 1. The molecule has 2 rings (SSSR count). The third kappa shape index (κ3) is 3.71. The van der Waals surface area contributed by atoms with Gasteiger partial charge in [0.2, 0.25) is 0 Å². The van der Waals surface area contributed by atoms with Crippen LogP contribution < -0.4 is 5.32 Å². The minimum Gasteiger partial charge on any atom is -0.303 e. The highest BCUT2D eigenvalue weighted by Gasteiger charge is 2.15. The van der Waals surface area contributed by atoms with Crippen LogP contribution in [0.3, 0.4) is 0 Å². The van der Waals surface area contributed by atoms with Crippen molar-refractivity contribution in [3.05, 3.63) is 71.3 Å². The molecular formula is C19H25N. The zero-order chi connectivity index (χ0) is 14.4. The Morgan fingerprint density at radius 1 is 0.750 bits per heavy atom. The maximum absolute atomic E-state index is 3.81. The summed E-state index contributed by atoms with van der Waals surface area (Å²) in [7, 11) is 0. The maximum atomic E-state index is 3.81. The summed E-state index contributed by atoms with van der Waals surface area (Å²) in [6, 6.07) is 20.5. The van der Waals surface area contributed by atoms with Gasteiger partial charge in [-0.25, -0.2) is 0 Å². The Hall–Kier alpha value is -1.60. The van der Waals surface area contributed by atoms with Gasteiger partial charge >= 0.3 is 0 Å². The molecule has 0 aliphatic rings. The lowest BCUT2D eigenvalue weighted by molar-refractivity contribution is 0.426. The second-order valence-corrected chi connectivity index (χ2v) is 5.41. The number of hydrogen-bond donors (Lipinski definition) is 1. The number of hydrogen-bond acceptors (Lipinski definition) is 1. The minimum atomic E-state index is 0.417. The van der Waals surface area contributed by atoms with Crippen molar-refractivity contribution in [1.29, 1.82) is 0 Å². The summed E-state index contributed by atoms with van der Waals surface area (Å²) in [4.78, 5) is 0. The molecule has 0 aliphatic heterocycles. The van der Waals surface area contributed by atoms with Gasteiger partial charge < -0.3 is 5.32 Å². The summed E-state index contributed by atoms with van der Waals surface area (Å²) in [6.07, 6.45) is 2.21. The van der Waals surface area contributed by atoms with Crippen LogP contribution in [-0.2, 0) is 0 Å². The molecule has 2 atom stereocenters. The van der Waals surface area contributed by atoms with Crippen molar-refractivity contribution in [1.82, 2.24) is 5.32 Å². The highest BCUT2D eigenvalue weighted by molar-refractivity contribution is 5.25. The van der Waals surface area contributed by atoms with Crippen LogP contribution in [0.15, 0.2) is 54.6 Å². The van der Waals surface area contributed by atoms with Gasteiger partial charge in [0.1, 0.15) is 0 Å². The largest absolute Gasteiger partial charge is 0.303 e. The molecule has 0 aromatic heterocycles. The molecule has 1 heteroatoms. The maximum Gasteiger partial charge on any atom is 0.0323 e. The van der Waals surface area contributed by atoms with E-state index >= 15 is 0 Å².